The van der Waals surface area contributed by atoms with Crippen molar-refractivity contribution in [3.8, 4) is 0 Å². The molecule has 0 saturated carbocycles. The quantitative estimate of drug-likeness (QED) is 0.651. The van der Waals surface area contributed by atoms with Crippen LogP contribution in [-0.2, 0) is 14.3 Å². The van der Waals surface area contributed by atoms with Crippen LogP contribution in [0.15, 0.2) is 0 Å². The van der Waals surface area contributed by atoms with Crippen LogP contribution in [0.3, 0.4) is 0 Å². The van der Waals surface area contributed by atoms with Crippen LogP contribution >= 0.6 is 11.8 Å². The fraction of sp³-hybridized carbons (Fsp3) is 0.857. The molecule has 0 aromatic carbocycles. The Kier molecular flexibility index (Phi) is 7.66. The smallest absolute Gasteiger partial charge is 0.406 e. The summed E-state index contributed by atoms with van der Waals surface area (Å²) >= 11 is 1.81. The van der Waals surface area contributed by atoms with E-state index in [9.17, 15) is 22.8 Å². The lowest BCUT2D eigenvalue weighted by Gasteiger charge is -2.27. The monoisotopic (exact) mass is 356 g/mol. The number of amides is 1. The van der Waals surface area contributed by atoms with Crippen molar-refractivity contribution in [1.29, 1.82) is 0 Å². The maximum atomic E-state index is 12.5. The molecule has 1 heterocycles. The largest absolute Gasteiger partial charge is 0.455 e. The predicted octanol–water partition coefficient (Wildman–Crippen LogP) is 1.77. The Hall–Kier alpha value is -0.960. The number of halogens is 3. The second-order valence-corrected chi connectivity index (χ2v) is 6.97. The van der Waals surface area contributed by atoms with E-state index in [-0.39, 0.29) is 6.54 Å². The van der Waals surface area contributed by atoms with E-state index in [4.69, 9.17) is 4.74 Å². The first-order chi connectivity index (χ1) is 10.6. The Bertz CT molecular complexity index is 413. The summed E-state index contributed by atoms with van der Waals surface area (Å²) in [5.41, 5.74) is 0. The van der Waals surface area contributed by atoms with Gasteiger partial charge in [0.25, 0.3) is 5.91 Å². The first-order valence-electron chi connectivity index (χ1n) is 7.40. The normalized spacial score (nSPS) is 18.5. The third-order valence-electron chi connectivity index (χ3n) is 3.56. The number of ether oxygens (including phenoxy) is 1. The van der Waals surface area contributed by atoms with Crippen molar-refractivity contribution in [2.75, 3.05) is 38.2 Å². The van der Waals surface area contributed by atoms with E-state index in [0.717, 1.165) is 17.9 Å². The second-order valence-electron chi connectivity index (χ2n) is 5.82. The van der Waals surface area contributed by atoms with Gasteiger partial charge in [0.2, 0.25) is 0 Å². The number of hydrogen-bond acceptors (Lipinski definition) is 5. The van der Waals surface area contributed by atoms with Gasteiger partial charge in [0, 0.05) is 17.8 Å². The van der Waals surface area contributed by atoms with E-state index in [1.54, 1.807) is 7.05 Å². The Morgan fingerprint density at radius 2 is 2.00 bits per heavy atom. The molecule has 134 valence electrons. The summed E-state index contributed by atoms with van der Waals surface area (Å²) in [6.45, 7) is 0.980. The molecule has 0 aromatic heterocycles. The maximum absolute atomic E-state index is 12.5. The van der Waals surface area contributed by atoms with Crippen molar-refractivity contribution in [2.24, 2.45) is 0 Å². The number of carbonyl (C=O) groups excluding carboxylic acids is 2. The number of thioether (sulfide) groups is 1. The number of hydrogen-bond donors (Lipinski definition) is 0. The molecule has 5 nitrogen and oxygen atoms in total. The fourth-order valence-corrected chi connectivity index (χ4v) is 3.52. The topological polar surface area (TPSA) is 49.9 Å². The maximum Gasteiger partial charge on any atom is 0.406 e. The Morgan fingerprint density at radius 3 is 2.48 bits per heavy atom. The molecule has 0 bridgehead atoms. The molecule has 1 atom stereocenters. The van der Waals surface area contributed by atoms with E-state index < -0.39 is 37.2 Å². The van der Waals surface area contributed by atoms with Gasteiger partial charge in [-0.05, 0) is 33.1 Å². The van der Waals surface area contributed by atoms with Crippen molar-refractivity contribution in [1.82, 2.24) is 9.80 Å². The van der Waals surface area contributed by atoms with Crippen LogP contribution in [-0.4, -0.2) is 78.2 Å². The summed E-state index contributed by atoms with van der Waals surface area (Å²) < 4.78 is 42.2. The molecule has 1 aliphatic rings. The summed E-state index contributed by atoms with van der Waals surface area (Å²) in [4.78, 5) is 26.1. The molecule has 1 amide bonds. The van der Waals surface area contributed by atoms with E-state index in [2.05, 4.69) is 0 Å². The van der Waals surface area contributed by atoms with E-state index in [1.165, 1.54) is 13.8 Å². The fourth-order valence-electron chi connectivity index (χ4n) is 2.23. The third kappa shape index (κ3) is 7.43. The number of alkyl halides is 3. The Morgan fingerprint density at radius 1 is 1.35 bits per heavy atom. The number of carbonyl (C=O) groups is 2. The molecule has 0 N–H and O–H groups in total. The standard InChI is InChI=1S/C14H23F3N2O3S/c1-10(2)19(9-14(15,16)17)12(20)7-22-13(21)6-18(3)11-4-5-23-8-11/h10-11H,4-9H2,1-3H3. The molecule has 1 saturated heterocycles. The SMILES string of the molecule is CC(C)N(CC(F)(F)F)C(=O)COC(=O)CN(C)C1CCSC1. The van der Waals surface area contributed by atoms with E-state index >= 15 is 0 Å². The van der Waals surface area contributed by atoms with Crippen LogP contribution in [0.5, 0.6) is 0 Å². The summed E-state index contributed by atoms with van der Waals surface area (Å²) in [5, 5.41) is 0. The molecular weight excluding hydrogens is 333 g/mol. The number of nitrogens with zero attached hydrogens (tertiary/aromatic N) is 2. The highest BCUT2D eigenvalue weighted by molar-refractivity contribution is 7.99. The molecule has 1 rings (SSSR count). The molecule has 0 radical (unpaired) electrons. The van der Waals surface area contributed by atoms with Gasteiger partial charge in [-0.3, -0.25) is 14.5 Å². The highest BCUT2D eigenvalue weighted by atomic mass is 32.2. The van der Waals surface area contributed by atoms with Gasteiger partial charge in [-0.2, -0.15) is 24.9 Å². The summed E-state index contributed by atoms with van der Waals surface area (Å²) in [7, 11) is 1.80. The van der Waals surface area contributed by atoms with Crippen molar-refractivity contribution < 1.29 is 27.5 Å². The van der Waals surface area contributed by atoms with Crippen LogP contribution in [0.25, 0.3) is 0 Å². The average molecular weight is 356 g/mol. The van der Waals surface area contributed by atoms with Crippen LogP contribution in [0.2, 0.25) is 0 Å². The van der Waals surface area contributed by atoms with Gasteiger partial charge in [-0.1, -0.05) is 0 Å². The zero-order chi connectivity index (χ0) is 17.6. The number of rotatable bonds is 7. The average Bonchev–Trinajstić information content (AvgIpc) is 2.95. The molecule has 0 aromatic rings. The lowest BCUT2D eigenvalue weighted by atomic mass is 10.2. The van der Waals surface area contributed by atoms with Crippen molar-refractivity contribution in [3.05, 3.63) is 0 Å². The van der Waals surface area contributed by atoms with E-state index in [0.29, 0.717) is 10.9 Å². The number of likely N-dealkylation sites (N-methyl/N-ethyl adjacent to an activating group) is 1. The minimum absolute atomic E-state index is 0.0272. The summed E-state index contributed by atoms with van der Waals surface area (Å²) in [5.74, 6) is 0.539. The van der Waals surface area contributed by atoms with Gasteiger partial charge in [0.15, 0.2) is 6.61 Å². The summed E-state index contributed by atoms with van der Waals surface area (Å²) in [6.07, 6.45) is -3.50. The molecule has 0 spiro atoms. The second kappa shape index (κ2) is 8.77. The molecule has 1 unspecified atom stereocenters. The van der Waals surface area contributed by atoms with Crippen molar-refractivity contribution >= 4 is 23.6 Å². The van der Waals surface area contributed by atoms with Gasteiger partial charge < -0.3 is 9.64 Å². The van der Waals surface area contributed by atoms with Gasteiger partial charge >= 0.3 is 12.1 Å². The zero-order valence-corrected chi connectivity index (χ0v) is 14.4. The van der Waals surface area contributed by atoms with Gasteiger partial charge in [-0.15, -0.1) is 0 Å². The molecule has 1 fully saturated rings. The third-order valence-corrected chi connectivity index (χ3v) is 4.70. The molecular formula is C14H23F3N2O3S. The Labute approximate surface area is 138 Å². The van der Waals surface area contributed by atoms with Crippen LogP contribution in [0.1, 0.15) is 20.3 Å². The minimum atomic E-state index is -4.48. The van der Waals surface area contributed by atoms with Crippen molar-refractivity contribution in [3.63, 3.8) is 0 Å². The first kappa shape index (κ1) is 20.1. The zero-order valence-electron chi connectivity index (χ0n) is 13.6. The highest BCUT2D eigenvalue weighted by Gasteiger charge is 2.34. The molecule has 1 aliphatic heterocycles. The van der Waals surface area contributed by atoms with E-state index in [1.807, 2.05) is 16.7 Å². The Balaban J connectivity index is 2.41. The molecule has 9 heteroatoms. The predicted molar refractivity (Wildman–Crippen MR) is 82.2 cm³/mol. The molecule has 23 heavy (non-hydrogen) atoms. The van der Waals surface area contributed by atoms with Crippen LogP contribution in [0.4, 0.5) is 13.2 Å². The van der Waals surface area contributed by atoms with Crippen LogP contribution < -0.4 is 0 Å². The van der Waals surface area contributed by atoms with Gasteiger partial charge in [-0.25, -0.2) is 0 Å². The van der Waals surface area contributed by atoms with Crippen LogP contribution in [0, 0.1) is 0 Å². The number of esters is 1. The lowest BCUT2D eigenvalue weighted by Crippen LogP contribution is -2.45. The summed E-state index contributed by atoms with van der Waals surface area (Å²) in [6, 6.07) is -0.332. The highest BCUT2D eigenvalue weighted by Crippen LogP contribution is 2.21. The minimum Gasteiger partial charge on any atom is -0.455 e. The molecule has 0 aliphatic carbocycles. The van der Waals surface area contributed by atoms with Gasteiger partial charge in [0.05, 0.1) is 6.54 Å². The lowest BCUT2D eigenvalue weighted by molar-refractivity contribution is -0.169. The first-order valence-corrected chi connectivity index (χ1v) is 8.55. The van der Waals surface area contributed by atoms with Crippen molar-refractivity contribution in [2.45, 2.75) is 38.5 Å². The van der Waals surface area contributed by atoms with Gasteiger partial charge in [0.1, 0.15) is 6.54 Å².